The van der Waals surface area contributed by atoms with Crippen LogP contribution in [0, 0.1) is 0 Å². The van der Waals surface area contributed by atoms with Crippen LogP contribution in [0.3, 0.4) is 0 Å². The number of aromatic nitrogens is 1. The van der Waals surface area contributed by atoms with E-state index >= 15 is 0 Å². The molecule has 0 saturated heterocycles. The highest BCUT2D eigenvalue weighted by Gasteiger charge is 2.03. The Kier molecular flexibility index (Phi) is 4.15. The fourth-order valence-electron chi connectivity index (χ4n) is 1.30. The highest BCUT2D eigenvalue weighted by molar-refractivity contribution is 7.98. The summed E-state index contributed by atoms with van der Waals surface area (Å²) in [5.74, 6) is 0.735. The van der Waals surface area contributed by atoms with Crippen LogP contribution in [0.25, 0.3) is 0 Å². The Morgan fingerprint density at radius 2 is 2.00 bits per heavy atom. The first-order valence-electron chi connectivity index (χ1n) is 4.93. The largest absolute Gasteiger partial charge is 0.399 e. The van der Waals surface area contributed by atoms with Crippen molar-refractivity contribution in [1.82, 2.24) is 4.98 Å². The van der Waals surface area contributed by atoms with Crippen LogP contribution in [0.15, 0.2) is 41.6 Å². The Hall–Kier alpha value is -0.900. The molecule has 0 saturated carbocycles. The van der Waals surface area contributed by atoms with Gasteiger partial charge in [0.1, 0.15) is 0 Å². The van der Waals surface area contributed by atoms with E-state index in [0.29, 0.717) is 10.7 Å². The molecule has 2 nitrogen and oxygen atoms in total. The summed E-state index contributed by atoms with van der Waals surface area (Å²) in [6.45, 7) is 0. The van der Waals surface area contributed by atoms with Gasteiger partial charge >= 0.3 is 0 Å². The lowest BCUT2D eigenvalue weighted by atomic mass is 10.2. The predicted molar refractivity (Wildman–Crippen MR) is 74.7 cm³/mol. The number of hydrogen-bond donors (Lipinski definition) is 1. The Bertz CT molecular complexity index is 514. The highest BCUT2D eigenvalue weighted by Crippen LogP contribution is 2.27. The first-order chi connectivity index (χ1) is 8.15. The van der Waals surface area contributed by atoms with Gasteiger partial charge in [0.05, 0.1) is 10.0 Å². The molecule has 5 heteroatoms. The summed E-state index contributed by atoms with van der Waals surface area (Å²) in [4.78, 5) is 4.20. The average molecular weight is 285 g/mol. The monoisotopic (exact) mass is 284 g/mol. The third-order valence-corrected chi connectivity index (χ3v) is 3.73. The van der Waals surface area contributed by atoms with E-state index in [2.05, 4.69) is 4.98 Å². The molecule has 0 bridgehead atoms. The molecule has 2 rings (SSSR count). The zero-order chi connectivity index (χ0) is 12.3. The van der Waals surface area contributed by atoms with E-state index in [9.17, 15) is 0 Å². The number of thioether (sulfide) groups is 1. The number of pyridine rings is 1. The maximum atomic E-state index is 6.08. The second kappa shape index (κ2) is 5.63. The summed E-state index contributed by atoms with van der Waals surface area (Å²) in [6, 6.07) is 9.18. The second-order valence-electron chi connectivity index (χ2n) is 3.45. The molecule has 17 heavy (non-hydrogen) atoms. The van der Waals surface area contributed by atoms with Crippen molar-refractivity contribution in [3.05, 3.63) is 52.1 Å². The topological polar surface area (TPSA) is 38.9 Å². The SMILES string of the molecule is Nc1ccc(Cl)c(CSc2ccc(Cl)cn2)c1. The number of hydrogen-bond acceptors (Lipinski definition) is 3. The Balaban J connectivity index is 2.07. The van der Waals surface area contributed by atoms with Gasteiger partial charge in [-0.1, -0.05) is 23.2 Å². The predicted octanol–water partition coefficient (Wildman–Crippen LogP) is 4.26. The Morgan fingerprint density at radius 1 is 1.18 bits per heavy atom. The molecule has 2 aromatic rings. The zero-order valence-corrected chi connectivity index (χ0v) is 11.2. The zero-order valence-electron chi connectivity index (χ0n) is 8.86. The number of halogens is 2. The van der Waals surface area contributed by atoms with Gasteiger partial charge in [-0.05, 0) is 35.9 Å². The van der Waals surface area contributed by atoms with Crippen LogP contribution in [0.5, 0.6) is 0 Å². The van der Waals surface area contributed by atoms with Gasteiger partial charge in [0.2, 0.25) is 0 Å². The van der Waals surface area contributed by atoms with E-state index < -0.39 is 0 Å². The molecule has 1 aromatic heterocycles. The van der Waals surface area contributed by atoms with E-state index in [4.69, 9.17) is 28.9 Å². The Labute approximate surface area is 114 Å². The molecule has 0 aliphatic carbocycles. The van der Waals surface area contributed by atoms with Crippen molar-refractivity contribution in [3.63, 3.8) is 0 Å². The van der Waals surface area contributed by atoms with E-state index in [1.54, 1.807) is 24.0 Å². The first-order valence-corrected chi connectivity index (χ1v) is 6.67. The minimum Gasteiger partial charge on any atom is -0.399 e. The summed E-state index contributed by atoms with van der Waals surface area (Å²) in [7, 11) is 0. The van der Waals surface area contributed by atoms with Gasteiger partial charge in [-0.3, -0.25) is 0 Å². The number of nitrogens with two attached hydrogens (primary N) is 1. The average Bonchev–Trinajstić information content (AvgIpc) is 2.32. The van der Waals surface area contributed by atoms with Gasteiger partial charge in [0.15, 0.2) is 0 Å². The van der Waals surface area contributed by atoms with E-state index in [0.717, 1.165) is 21.4 Å². The van der Waals surface area contributed by atoms with Crippen LogP contribution < -0.4 is 5.73 Å². The molecule has 0 aliphatic rings. The molecule has 2 N–H and O–H groups in total. The lowest BCUT2D eigenvalue weighted by Gasteiger charge is -2.05. The van der Waals surface area contributed by atoms with Gasteiger partial charge in [-0.25, -0.2) is 4.98 Å². The third kappa shape index (κ3) is 3.53. The van der Waals surface area contributed by atoms with Crippen molar-refractivity contribution < 1.29 is 0 Å². The van der Waals surface area contributed by atoms with Gasteiger partial charge in [0, 0.05) is 22.7 Å². The molecule has 0 amide bonds. The number of anilines is 1. The maximum absolute atomic E-state index is 6.08. The molecule has 0 fully saturated rings. The van der Waals surface area contributed by atoms with Crippen molar-refractivity contribution in [1.29, 1.82) is 0 Å². The third-order valence-electron chi connectivity index (χ3n) is 2.15. The van der Waals surface area contributed by atoms with Crippen molar-refractivity contribution in [2.45, 2.75) is 10.8 Å². The summed E-state index contributed by atoms with van der Waals surface area (Å²) < 4.78 is 0. The van der Waals surface area contributed by atoms with E-state index in [-0.39, 0.29) is 0 Å². The minimum absolute atomic E-state index is 0.635. The molecule has 1 aromatic carbocycles. The van der Waals surface area contributed by atoms with Gasteiger partial charge in [-0.2, -0.15) is 0 Å². The lowest BCUT2D eigenvalue weighted by Crippen LogP contribution is -1.89. The summed E-state index contributed by atoms with van der Waals surface area (Å²) >= 11 is 13.4. The molecule has 0 aliphatic heterocycles. The molecule has 1 heterocycles. The van der Waals surface area contributed by atoms with E-state index in [1.165, 1.54) is 0 Å². The van der Waals surface area contributed by atoms with Crippen molar-refractivity contribution in [3.8, 4) is 0 Å². The number of nitrogens with zero attached hydrogens (tertiary/aromatic N) is 1. The summed E-state index contributed by atoms with van der Waals surface area (Å²) in [5.41, 5.74) is 7.44. The van der Waals surface area contributed by atoms with Crippen LogP contribution in [-0.2, 0) is 5.75 Å². The summed E-state index contributed by atoms with van der Waals surface area (Å²) in [6.07, 6.45) is 1.63. The van der Waals surface area contributed by atoms with Crippen molar-refractivity contribution in [2.24, 2.45) is 0 Å². The highest BCUT2D eigenvalue weighted by atomic mass is 35.5. The molecular weight excluding hydrogens is 275 g/mol. The fraction of sp³-hybridized carbons (Fsp3) is 0.0833. The van der Waals surface area contributed by atoms with Crippen molar-refractivity contribution in [2.75, 3.05) is 5.73 Å². The number of benzene rings is 1. The lowest BCUT2D eigenvalue weighted by molar-refractivity contribution is 1.13. The molecule has 0 unspecified atom stereocenters. The molecule has 0 spiro atoms. The molecule has 0 radical (unpaired) electrons. The Morgan fingerprint density at radius 3 is 2.71 bits per heavy atom. The smallest absolute Gasteiger partial charge is 0.0964 e. The van der Waals surface area contributed by atoms with Crippen LogP contribution in [-0.4, -0.2) is 4.98 Å². The van der Waals surface area contributed by atoms with Crippen LogP contribution >= 0.6 is 35.0 Å². The molecule has 88 valence electrons. The van der Waals surface area contributed by atoms with Crippen LogP contribution in [0.4, 0.5) is 5.69 Å². The summed E-state index contributed by atoms with van der Waals surface area (Å²) in [5, 5.41) is 2.27. The normalized spacial score (nSPS) is 10.5. The first kappa shape index (κ1) is 12.6. The fourth-order valence-corrected chi connectivity index (χ4v) is 2.51. The number of nitrogen functional groups attached to an aromatic ring is 1. The van der Waals surface area contributed by atoms with Crippen LogP contribution in [0.1, 0.15) is 5.56 Å². The maximum Gasteiger partial charge on any atom is 0.0964 e. The molecule has 0 atom stereocenters. The second-order valence-corrected chi connectivity index (χ2v) is 5.29. The number of rotatable bonds is 3. The van der Waals surface area contributed by atoms with E-state index in [1.807, 2.05) is 24.3 Å². The molecular formula is C12H10Cl2N2S. The minimum atomic E-state index is 0.635. The van der Waals surface area contributed by atoms with Gasteiger partial charge < -0.3 is 5.73 Å². The van der Waals surface area contributed by atoms with Crippen LogP contribution in [0.2, 0.25) is 10.0 Å². The quantitative estimate of drug-likeness (QED) is 0.676. The van der Waals surface area contributed by atoms with Crippen molar-refractivity contribution >= 4 is 40.7 Å². The standard InChI is InChI=1S/C12H10Cl2N2S/c13-9-1-4-12(16-6-9)17-7-8-5-10(15)2-3-11(8)14/h1-6H,7,15H2. The van der Waals surface area contributed by atoms with Gasteiger partial charge in [-0.15, -0.1) is 11.8 Å². The van der Waals surface area contributed by atoms with Gasteiger partial charge in [0.25, 0.3) is 0 Å².